The Bertz CT molecular complexity index is 1100. The fourth-order valence-corrected chi connectivity index (χ4v) is 9.45. The molecule has 0 aliphatic rings. The molecule has 406 valence electrons. The molecule has 0 saturated carbocycles. The van der Waals surface area contributed by atoms with Gasteiger partial charge in [0, 0.05) is 12.8 Å². The fourth-order valence-electron chi connectivity index (χ4n) is 9.45. The molecule has 0 bridgehead atoms. The van der Waals surface area contributed by atoms with Crippen molar-refractivity contribution in [1.82, 2.24) is 0 Å². The van der Waals surface area contributed by atoms with Crippen molar-refractivity contribution in [3.8, 4) is 0 Å². The predicted octanol–water partition coefficient (Wildman–Crippen LogP) is 21.0. The van der Waals surface area contributed by atoms with E-state index in [4.69, 9.17) is 9.47 Å². The average molecular weight is 970 g/mol. The van der Waals surface area contributed by atoms with E-state index in [9.17, 15) is 14.7 Å². The van der Waals surface area contributed by atoms with Crippen molar-refractivity contribution >= 4 is 11.9 Å². The van der Waals surface area contributed by atoms with Crippen LogP contribution in [0.5, 0.6) is 0 Å². The lowest BCUT2D eigenvalue weighted by Gasteiger charge is -2.15. The van der Waals surface area contributed by atoms with Crippen molar-refractivity contribution in [2.45, 2.75) is 347 Å². The SMILES string of the molecule is CCCC/C=C\C/C=C\CCCCCCCC(=O)OC(CO)COC(=O)CCCCCCCCCCCCCCCCCCCCCCCCCCCCCCC/C=C\CCCCCCCCCC. The van der Waals surface area contributed by atoms with Gasteiger partial charge in [-0.3, -0.25) is 9.59 Å². The van der Waals surface area contributed by atoms with Crippen molar-refractivity contribution in [1.29, 1.82) is 0 Å². The Morgan fingerprint density at radius 1 is 0.333 bits per heavy atom. The zero-order valence-corrected chi connectivity index (χ0v) is 46.6. The minimum atomic E-state index is -0.777. The van der Waals surface area contributed by atoms with Gasteiger partial charge >= 0.3 is 11.9 Å². The highest BCUT2D eigenvalue weighted by Crippen LogP contribution is 2.18. The molecule has 0 radical (unpaired) electrons. The molecular weight excluding hydrogens is 849 g/mol. The molecule has 0 saturated heterocycles. The Balaban J connectivity index is 3.34. The molecule has 0 aromatic carbocycles. The Morgan fingerprint density at radius 3 is 0.913 bits per heavy atom. The number of hydrogen-bond donors (Lipinski definition) is 1. The molecule has 5 nitrogen and oxygen atoms in total. The molecular formula is C64H120O5. The lowest BCUT2D eigenvalue weighted by Crippen LogP contribution is -2.28. The second-order valence-corrected chi connectivity index (χ2v) is 21.1. The zero-order valence-electron chi connectivity index (χ0n) is 46.6. The monoisotopic (exact) mass is 969 g/mol. The van der Waals surface area contributed by atoms with Gasteiger partial charge in [0.1, 0.15) is 6.61 Å². The third kappa shape index (κ3) is 58.6. The number of allylic oxidation sites excluding steroid dienone is 6. The van der Waals surface area contributed by atoms with Crippen LogP contribution >= 0.6 is 0 Å². The summed E-state index contributed by atoms with van der Waals surface area (Å²) in [6, 6.07) is 0. The summed E-state index contributed by atoms with van der Waals surface area (Å²) in [5.74, 6) is -0.592. The number of rotatable bonds is 58. The summed E-state index contributed by atoms with van der Waals surface area (Å²) in [6.45, 7) is 4.12. The van der Waals surface area contributed by atoms with E-state index in [-0.39, 0.29) is 25.2 Å². The highest BCUT2D eigenvalue weighted by molar-refractivity contribution is 5.70. The quantitative estimate of drug-likeness (QED) is 0.0373. The van der Waals surface area contributed by atoms with E-state index < -0.39 is 6.10 Å². The van der Waals surface area contributed by atoms with Crippen LogP contribution in [-0.4, -0.2) is 36.4 Å². The van der Waals surface area contributed by atoms with Crippen LogP contribution in [0.3, 0.4) is 0 Å². The van der Waals surface area contributed by atoms with Gasteiger partial charge in [0.2, 0.25) is 0 Å². The maximum absolute atomic E-state index is 12.2. The molecule has 0 aromatic heterocycles. The molecule has 0 aromatic rings. The Hall–Kier alpha value is -1.88. The van der Waals surface area contributed by atoms with Crippen molar-refractivity contribution < 1.29 is 24.2 Å². The summed E-state index contributed by atoms with van der Waals surface area (Å²) in [5.41, 5.74) is 0. The lowest BCUT2D eigenvalue weighted by atomic mass is 10.0. The van der Waals surface area contributed by atoms with Gasteiger partial charge in [0.25, 0.3) is 0 Å². The lowest BCUT2D eigenvalue weighted by molar-refractivity contribution is -0.161. The van der Waals surface area contributed by atoms with Crippen LogP contribution in [0.25, 0.3) is 0 Å². The molecule has 0 aliphatic heterocycles. The topological polar surface area (TPSA) is 72.8 Å². The van der Waals surface area contributed by atoms with Gasteiger partial charge in [-0.2, -0.15) is 0 Å². The Morgan fingerprint density at radius 2 is 0.594 bits per heavy atom. The highest BCUT2D eigenvalue weighted by Gasteiger charge is 2.16. The minimum absolute atomic E-state index is 0.0674. The van der Waals surface area contributed by atoms with Crippen LogP contribution in [0.2, 0.25) is 0 Å². The summed E-state index contributed by atoms with van der Waals surface area (Å²) in [5, 5.41) is 9.62. The summed E-state index contributed by atoms with van der Waals surface area (Å²) >= 11 is 0. The molecule has 69 heavy (non-hydrogen) atoms. The van der Waals surface area contributed by atoms with Crippen LogP contribution in [0.15, 0.2) is 36.5 Å². The van der Waals surface area contributed by atoms with Crippen LogP contribution in [0, 0.1) is 0 Å². The van der Waals surface area contributed by atoms with E-state index >= 15 is 0 Å². The summed E-state index contributed by atoms with van der Waals surface area (Å²) in [6.07, 6.45) is 78.9. The van der Waals surface area contributed by atoms with Crippen molar-refractivity contribution in [2.24, 2.45) is 0 Å². The number of aliphatic hydroxyl groups is 1. The van der Waals surface area contributed by atoms with Gasteiger partial charge in [-0.25, -0.2) is 0 Å². The maximum Gasteiger partial charge on any atom is 0.306 e. The largest absolute Gasteiger partial charge is 0.462 e. The molecule has 0 fully saturated rings. The van der Waals surface area contributed by atoms with Crippen LogP contribution < -0.4 is 0 Å². The van der Waals surface area contributed by atoms with E-state index in [1.807, 2.05) is 0 Å². The van der Waals surface area contributed by atoms with Gasteiger partial charge in [-0.15, -0.1) is 0 Å². The van der Waals surface area contributed by atoms with E-state index in [0.29, 0.717) is 12.8 Å². The van der Waals surface area contributed by atoms with Crippen LogP contribution in [0.4, 0.5) is 0 Å². The van der Waals surface area contributed by atoms with E-state index in [1.54, 1.807) is 0 Å². The van der Waals surface area contributed by atoms with Crippen molar-refractivity contribution in [3.05, 3.63) is 36.5 Å². The molecule has 5 heteroatoms. The second-order valence-electron chi connectivity index (χ2n) is 21.1. The summed E-state index contributed by atoms with van der Waals surface area (Å²) in [4.78, 5) is 24.4. The van der Waals surface area contributed by atoms with Gasteiger partial charge < -0.3 is 14.6 Å². The fraction of sp³-hybridized carbons (Fsp3) is 0.875. The Labute approximate surface area is 431 Å². The van der Waals surface area contributed by atoms with Gasteiger partial charge in [-0.05, 0) is 64.2 Å². The molecule has 1 N–H and O–H groups in total. The van der Waals surface area contributed by atoms with Crippen LogP contribution in [0.1, 0.15) is 341 Å². The van der Waals surface area contributed by atoms with E-state index in [1.165, 1.54) is 263 Å². The Kier molecular flexibility index (Phi) is 58.8. The van der Waals surface area contributed by atoms with Gasteiger partial charge in [0.15, 0.2) is 6.10 Å². The van der Waals surface area contributed by atoms with E-state index in [2.05, 4.69) is 50.3 Å². The first kappa shape index (κ1) is 67.1. The molecule has 0 amide bonds. The molecule has 0 spiro atoms. The second kappa shape index (κ2) is 60.4. The zero-order chi connectivity index (χ0) is 49.9. The first-order chi connectivity index (χ1) is 34.1. The summed E-state index contributed by atoms with van der Waals surface area (Å²) < 4.78 is 10.7. The number of hydrogen-bond acceptors (Lipinski definition) is 5. The third-order valence-electron chi connectivity index (χ3n) is 14.2. The molecule has 1 unspecified atom stereocenters. The molecule has 0 rings (SSSR count). The first-order valence-electron chi connectivity index (χ1n) is 31.0. The van der Waals surface area contributed by atoms with E-state index in [0.717, 1.165) is 51.4 Å². The molecule has 0 heterocycles. The number of unbranched alkanes of at least 4 members (excludes halogenated alkanes) is 44. The first-order valence-corrected chi connectivity index (χ1v) is 31.0. The van der Waals surface area contributed by atoms with Gasteiger partial charge in [0.05, 0.1) is 6.61 Å². The predicted molar refractivity (Wildman–Crippen MR) is 302 cm³/mol. The number of carbonyl (C=O) groups is 2. The molecule has 1 atom stereocenters. The number of esters is 2. The summed E-state index contributed by atoms with van der Waals surface area (Å²) in [7, 11) is 0. The van der Waals surface area contributed by atoms with Gasteiger partial charge in [-0.1, -0.05) is 301 Å². The van der Waals surface area contributed by atoms with Crippen molar-refractivity contribution in [2.75, 3.05) is 13.2 Å². The highest BCUT2D eigenvalue weighted by atomic mass is 16.6. The van der Waals surface area contributed by atoms with Crippen LogP contribution in [-0.2, 0) is 19.1 Å². The normalized spacial score (nSPS) is 12.3. The smallest absolute Gasteiger partial charge is 0.306 e. The van der Waals surface area contributed by atoms with Crippen molar-refractivity contribution in [3.63, 3.8) is 0 Å². The average Bonchev–Trinajstić information content (AvgIpc) is 3.35. The minimum Gasteiger partial charge on any atom is -0.462 e. The number of ether oxygens (including phenoxy) is 2. The standard InChI is InChI=1S/C64H120O5/c1-3-5-7-9-11-13-15-17-19-20-21-22-23-24-25-26-27-28-29-30-31-32-33-34-35-36-37-38-39-40-41-42-43-44-45-47-48-50-52-54-56-58-63(66)68-61-62(60-65)69-64(67)59-57-55-53-51-49-46-18-16-14-12-10-8-6-4-2/h10,12,16,18,20-21,62,65H,3-9,11,13-15,17,19,22-61H2,1-2H3/b12-10-,18-16-,21-20-. The maximum atomic E-state index is 12.2. The third-order valence-corrected chi connectivity index (χ3v) is 14.2. The molecule has 0 aliphatic carbocycles. The number of aliphatic hydroxyl groups excluding tert-OH is 1. The number of carbonyl (C=O) groups excluding carboxylic acids is 2.